The van der Waals surface area contributed by atoms with Gasteiger partial charge in [-0.3, -0.25) is 0 Å². The minimum absolute atomic E-state index is 0.556. The van der Waals surface area contributed by atoms with Crippen LogP contribution in [0.3, 0.4) is 0 Å². The van der Waals surface area contributed by atoms with Crippen molar-refractivity contribution in [2.24, 2.45) is 0 Å². The third-order valence-corrected chi connectivity index (χ3v) is 3.48. The predicted molar refractivity (Wildman–Crippen MR) is 69.0 cm³/mol. The topological polar surface area (TPSA) is 9.23 Å². The average Bonchev–Trinajstić information content (AvgIpc) is 2.30. The minimum Gasteiger partial charge on any atom is -0.381 e. The molecule has 16 heavy (non-hydrogen) atoms. The lowest BCUT2D eigenvalue weighted by atomic mass is 9.90. The monoisotopic (exact) mass is 236 g/mol. The van der Waals surface area contributed by atoms with Gasteiger partial charge in [0.05, 0.1) is 0 Å². The fraction of sp³-hybridized carbons (Fsp3) is 0.429. The summed E-state index contributed by atoms with van der Waals surface area (Å²) in [7, 11) is 0. The lowest BCUT2D eigenvalue weighted by Gasteiger charge is -2.23. The van der Waals surface area contributed by atoms with E-state index in [9.17, 15) is 0 Å². The van der Waals surface area contributed by atoms with E-state index < -0.39 is 0 Å². The predicted octanol–water partition coefficient (Wildman–Crippen LogP) is 4.27. The molecule has 0 radical (unpaired) electrons. The molecule has 0 bridgehead atoms. The lowest BCUT2D eigenvalue weighted by molar-refractivity contribution is 0.0853. The van der Waals surface area contributed by atoms with Crippen LogP contribution in [0.5, 0.6) is 0 Å². The number of halogens is 1. The second-order valence-corrected chi connectivity index (χ2v) is 4.81. The second kappa shape index (κ2) is 5.03. The van der Waals surface area contributed by atoms with Gasteiger partial charge >= 0.3 is 0 Å². The summed E-state index contributed by atoms with van der Waals surface area (Å²) >= 11 is 6.32. The number of hydrogen-bond donors (Lipinski definition) is 0. The standard InChI is InChI=1S/C14H17ClO/c1-10(2)12-3-4-13(14(15)9-12)11-5-7-16-8-6-11/h3-4,9,11H,1,5-8H2,2H3. The molecule has 0 unspecified atom stereocenters. The molecule has 0 saturated carbocycles. The fourth-order valence-corrected chi connectivity index (χ4v) is 2.47. The zero-order valence-corrected chi connectivity index (χ0v) is 10.4. The summed E-state index contributed by atoms with van der Waals surface area (Å²) < 4.78 is 5.37. The Morgan fingerprint density at radius 3 is 2.62 bits per heavy atom. The van der Waals surface area contributed by atoms with Crippen LogP contribution in [-0.4, -0.2) is 13.2 Å². The Labute approximate surface area is 102 Å². The number of benzene rings is 1. The van der Waals surface area contributed by atoms with Crippen molar-refractivity contribution in [2.75, 3.05) is 13.2 Å². The first-order chi connectivity index (χ1) is 7.68. The Bertz CT molecular complexity index is 392. The van der Waals surface area contributed by atoms with Crippen LogP contribution >= 0.6 is 11.6 Å². The van der Waals surface area contributed by atoms with Crippen molar-refractivity contribution in [3.63, 3.8) is 0 Å². The van der Waals surface area contributed by atoms with Gasteiger partial charge in [0.25, 0.3) is 0 Å². The highest BCUT2D eigenvalue weighted by atomic mass is 35.5. The molecule has 2 rings (SSSR count). The smallest absolute Gasteiger partial charge is 0.0471 e. The van der Waals surface area contributed by atoms with Gasteiger partial charge in [0.15, 0.2) is 0 Å². The van der Waals surface area contributed by atoms with E-state index in [2.05, 4.69) is 18.7 Å². The molecule has 1 fully saturated rings. The van der Waals surface area contributed by atoms with Crippen molar-refractivity contribution >= 4 is 17.2 Å². The number of ether oxygens (including phenoxy) is 1. The average molecular weight is 237 g/mol. The van der Waals surface area contributed by atoms with Crippen LogP contribution in [0.25, 0.3) is 5.57 Å². The highest BCUT2D eigenvalue weighted by molar-refractivity contribution is 6.31. The van der Waals surface area contributed by atoms with E-state index in [1.54, 1.807) is 0 Å². The number of hydrogen-bond acceptors (Lipinski definition) is 1. The third kappa shape index (κ3) is 2.47. The van der Waals surface area contributed by atoms with E-state index in [0.29, 0.717) is 5.92 Å². The molecule has 1 aromatic rings. The van der Waals surface area contributed by atoms with Crippen molar-refractivity contribution in [2.45, 2.75) is 25.7 Å². The highest BCUT2D eigenvalue weighted by Gasteiger charge is 2.18. The Balaban J connectivity index is 2.24. The summed E-state index contributed by atoms with van der Waals surface area (Å²) in [6, 6.07) is 6.27. The van der Waals surface area contributed by atoms with Crippen LogP contribution in [-0.2, 0) is 4.74 Å². The molecule has 0 aliphatic carbocycles. The van der Waals surface area contributed by atoms with Crippen LogP contribution in [0.15, 0.2) is 24.8 Å². The van der Waals surface area contributed by atoms with Crippen molar-refractivity contribution in [1.29, 1.82) is 0 Å². The van der Waals surface area contributed by atoms with Crippen LogP contribution in [0.1, 0.15) is 36.8 Å². The Kier molecular flexibility index (Phi) is 3.67. The summed E-state index contributed by atoms with van der Waals surface area (Å²) in [4.78, 5) is 0. The molecule has 0 amide bonds. The fourth-order valence-electron chi connectivity index (χ4n) is 2.13. The molecule has 1 saturated heterocycles. The van der Waals surface area contributed by atoms with E-state index in [-0.39, 0.29) is 0 Å². The van der Waals surface area contributed by atoms with Crippen molar-refractivity contribution in [3.05, 3.63) is 40.9 Å². The van der Waals surface area contributed by atoms with E-state index >= 15 is 0 Å². The van der Waals surface area contributed by atoms with Crippen molar-refractivity contribution in [3.8, 4) is 0 Å². The molecular weight excluding hydrogens is 220 g/mol. The first-order valence-electron chi connectivity index (χ1n) is 5.71. The molecule has 0 spiro atoms. The Hall–Kier alpha value is -0.790. The van der Waals surface area contributed by atoms with Gasteiger partial charge in [0.2, 0.25) is 0 Å². The van der Waals surface area contributed by atoms with Gasteiger partial charge in [-0.15, -0.1) is 0 Å². The van der Waals surface area contributed by atoms with E-state index in [1.165, 1.54) is 5.56 Å². The largest absolute Gasteiger partial charge is 0.381 e. The minimum atomic E-state index is 0.556. The van der Waals surface area contributed by atoms with Crippen LogP contribution in [0.2, 0.25) is 5.02 Å². The lowest BCUT2D eigenvalue weighted by Crippen LogP contribution is -2.14. The quantitative estimate of drug-likeness (QED) is 0.745. The maximum absolute atomic E-state index is 6.32. The molecule has 1 aliphatic heterocycles. The zero-order valence-electron chi connectivity index (χ0n) is 9.63. The third-order valence-electron chi connectivity index (χ3n) is 3.15. The molecule has 1 nitrogen and oxygen atoms in total. The zero-order chi connectivity index (χ0) is 11.5. The molecule has 1 aliphatic rings. The summed E-state index contributed by atoms with van der Waals surface area (Å²) in [6.07, 6.45) is 2.15. The summed E-state index contributed by atoms with van der Waals surface area (Å²) in [5, 5.41) is 0.868. The van der Waals surface area contributed by atoms with Crippen LogP contribution < -0.4 is 0 Å². The van der Waals surface area contributed by atoms with Gasteiger partial charge in [-0.1, -0.05) is 35.9 Å². The molecule has 1 aromatic carbocycles. The van der Waals surface area contributed by atoms with Crippen LogP contribution in [0.4, 0.5) is 0 Å². The maximum Gasteiger partial charge on any atom is 0.0471 e. The van der Waals surface area contributed by atoms with Gasteiger partial charge in [-0.25, -0.2) is 0 Å². The maximum atomic E-state index is 6.32. The van der Waals surface area contributed by atoms with Gasteiger partial charge in [-0.05, 0) is 42.9 Å². The van der Waals surface area contributed by atoms with Gasteiger partial charge in [-0.2, -0.15) is 0 Å². The summed E-state index contributed by atoms with van der Waals surface area (Å²) in [6.45, 7) is 7.63. The molecular formula is C14H17ClO. The first-order valence-corrected chi connectivity index (χ1v) is 6.09. The number of allylic oxidation sites excluding steroid dienone is 1. The Morgan fingerprint density at radius 2 is 2.06 bits per heavy atom. The molecule has 0 aromatic heterocycles. The number of rotatable bonds is 2. The van der Waals surface area contributed by atoms with E-state index in [1.807, 2.05) is 13.0 Å². The summed E-state index contributed by atoms with van der Waals surface area (Å²) in [5.74, 6) is 0.556. The highest BCUT2D eigenvalue weighted by Crippen LogP contribution is 2.33. The van der Waals surface area contributed by atoms with E-state index in [4.69, 9.17) is 16.3 Å². The van der Waals surface area contributed by atoms with Crippen molar-refractivity contribution < 1.29 is 4.74 Å². The molecule has 2 heteroatoms. The summed E-state index contributed by atoms with van der Waals surface area (Å²) in [5.41, 5.74) is 3.44. The van der Waals surface area contributed by atoms with Gasteiger partial charge < -0.3 is 4.74 Å². The SMILES string of the molecule is C=C(C)c1ccc(C2CCOCC2)c(Cl)c1. The van der Waals surface area contributed by atoms with Gasteiger partial charge in [0.1, 0.15) is 0 Å². The normalized spacial score (nSPS) is 17.4. The molecule has 0 atom stereocenters. The Morgan fingerprint density at radius 1 is 1.38 bits per heavy atom. The second-order valence-electron chi connectivity index (χ2n) is 4.40. The van der Waals surface area contributed by atoms with E-state index in [0.717, 1.165) is 42.2 Å². The molecule has 0 N–H and O–H groups in total. The van der Waals surface area contributed by atoms with Gasteiger partial charge in [0, 0.05) is 18.2 Å². The first kappa shape index (κ1) is 11.7. The van der Waals surface area contributed by atoms with Crippen molar-refractivity contribution in [1.82, 2.24) is 0 Å². The molecule has 1 heterocycles. The molecule has 86 valence electrons. The van der Waals surface area contributed by atoms with Crippen LogP contribution in [0, 0.1) is 0 Å².